The number of nitrogens with two attached hydrogens (primary N) is 1. The van der Waals surface area contributed by atoms with E-state index in [4.69, 9.17) is 10.5 Å². The molecule has 2 nitrogen and oxygen atoms in total. The summed E-state index contributed by atoms with van der Waals surface area (Å²) in [5.41, 5.74) is 8.86. The molecule has 1 aromatic rings. The van der Waals surface area contributed by atoms with Crippen LogP contribution in [0.4, 0.5) is 0 Å². The van der Waals surface area contributed by atoms with E-state index < -0.39 is 0 Å². The van der Waals surface area contributed by atoms with Crippen LogP contribution in [0.15, 0.2) is 18.2 Å². The Hall–Kier alpha value is -1.02. The van der Waals surface area contributed by atoms with Crippen LogP contribution in [0.3, 0.4) is 0 Å². The fraction of sp³-hybridized carbons (Fsp3) is 0.625. The summed E-state index contributed by atoms with van der Waals surface area (Å²) >= 11 is 0. The maximum Gasteiger partial charge on any atom is 0.122 e. The highest BCUT2D eigenvalue weighted by Crippen LogP contribution is 2.32. The van der Waals surface area contributed by atoms with Crippen molar-refractivity contribution >= 4 is 0 Å². The second kappa shape index (κ2) is 6.79. The van der Waals surface area contributed by atoms with Crippen LogP contribution in [-0.2, 0) is 0 Å². The van der Waals surface area contributed by atoms with Gasteiger partial charge in [-0.3, -0.25) is 0 Å². The molecule has 1 aromatic carbocycles. The zero-order valence-electron chi connectivity index (χ0n) is 12.4. The van der Waals surface area contributed by atoms with E-state index in [2.05, 4.69) is 39.8 Å². The van der Waals surface area contributed by atoms with Crippen LogP contribution in [0.2, 0.25) is 0 Å². The topological polar surface area (TPSA) is 35.2 Å². The monoisotopic (exact) mass is 249 g/mol. The molecule has 0 spiro atoms. The molecule has 0 aliphatic rings. The van der Waals surface area contributed by atoms with Crippen molar-refractivity contribution in [2.24, 2.45) is 11.7 Å². The van der Waals surface area contributed by atoms with Gasteiger partial charge in [0.1, 0.15) is 5.75 Å². The molecule has 2 N–H and O–H groups in total. The molecule has 0 aliphatic heterocycles. The Kier molecular flexibility index (Phi) is 5.67. The molecular weight excluding hydrogens is 222 g/mol. The van der Waals surface area contributed by atoms with Crippen LogP contribution in [0, 0.1) is 5.92 Å². The van der Waals surface area contributed by atoms with E-state index in [1.54, 1.807) is 7.11 Å². The molecule has 2 heteroatoms. The van der Waals surface area contributed by atoms with Crippen molar-refractivity contribution in [3.63, 3.8) is 0 Å². The molecule has 0 saturated heterocycles. The van der Waals surface area contributed by atoms with Crippen LogP contribution < -0.4 is 10.5 Å². The third-order valence-electron chi connectivity index (χ3n) is 3.82. The van der Waals surface area contributed by atoms with Crippen molar-refractivity contribution in [1.82, 2.24) is 0 Å². The molecule has 0 radical (unpaired) electrons. The number of hydrogen-bond acceptors (Lipinski definition) is 2. The Bertz CT molecular complexity index is 369. The van der Waals surface area contributed by atoms with Crippen molar-refractivity contribution in [2.75, 3.05) is 7.11 Å². The van der Waals surface area contributed by atoms with E-state index in [1.165, 1.54) is 11.1 Å². The van der Waals surface area contributed by atoms with E-state index in [0.29, 0.717) is 11.8 Å². The standard InChI is InChI=1S/C16H27NO/c1-6-12(7-2)16(17)13-8-9-15(18-5)14(10-13)11(3)4/h8-12,16H,6-7,17H2,1-5H3. The lowest BCUT2D eigenvalue weighted by molar-refractivity contribution is 0.398. The summed E-state index contributed by atoms with van der Waals surface area (Å²) in [6.07, 6.45) is 2.25. The molecule has 1 unspecified atom stereocenters. The SMILES string of the molecule is CCC(CC)C(N)c1ccc(OC)c(C(C)C)c1. The van der Waals surface area contributed by atoms with Crippen molar-refractivity contribution in [2.45, 2.75) is 52.5 Å². The third kappa shape index (κ3) is 3.26. The quantitative estimate of drug-likeness (QED) is 0.817. The van der Waals surface area contributed by atoms with Crippen molar-refractivity contribution in [3.8, 4) is 5.75 Å². The van der Waals surface area contributed by atoms with E-state index >= 15 is 0 Å². The maximum atomic E-state index is 6.38. The number of ether oxygens (including phenoxy) is 1. The van der Waals surface area contributed by atoms with Crippen LogP contribution in [-0.4, -0.2) is 7.11 Å². The van der Waals surface area contributed by atoms with Gasteiger partial charge in [0.25, 0.3) is 0 Å². The van der Waals surface area contributed by atoms with Gasteiger partial charge in [0.15, 0.2) is 0 Å². The zero-order chi connectivity index (χ0) is 13.7. The lowest BCUT2D eigenvalue weighted by atomic mass is 9.87. The van der Waals surface area contributed by atoms with Gasteiger partial charge in [0, 0.05) is 6.04 Å². The van der Waals surface area contributed by atoms with Crippen molar-refractivity contribution < 1.29 is 4.74 Å². The molecule has 18 heavy (non-hydrogen) atoms. The Labute approximate surface area is 112 Å². The van der Waals surface area contributed by atoms with Crippen LogP contribution >= 0.6 is 0 Å². The second-order valence-electron chi connectivity index (χ2n) is 5.26. The first-order valence-corrected chi connectivity index (χ1v) is 6.98. The van der Waals surface area contributed by atoms with Gasteiger partial charge in [-0.05, 0) is 29.0 Å². The Balaban J connectivity index is 3.07. The molecule has 0 amide bonds. The van der Waals surface area contributed by atoms with E-state index in [0.717, 1.165) is 18.6 Å². The maximum absolute atomic E-state index is 6.38. The molecule has 1 rings (SSSR count). The summed E-state index contributed by atoms with van der Waals surface area (Å²) in [7, 11) is 1.72. The highest BCUT2D eigenvalue weighted by atomic mass is 16.5. The number of hydrogen-bond donors (Lipinski definition) is 1. The van der Waals surface area contributed by atoms with E-state index in [1.807, 2.05) is 6.07 Å². The summed E-state index contributed by atoms with van der Waals surface area (Å²) in [6, 6.07) is 6.50. The van der Waals surface area contributed by atoms with Crippen LogP contribution in [0.25, 0.3) is 0 Å². The third-order valence-corrected chi connectivity index (χ3v) is 3.82. The largest absolute Gasteiger partial charge is 0.496 e. The predicted octanol–water partition coefficient (Wildman–Crippen LogP) is 4.25. The molecule has 1 atom stereocenters. The summed E-state index contributed by atoms with van der Waals surface area (Å²) < 4.78 is 5.41. The molecule has 0 heterocycles. The van der Waals surface area contributed by atoms with Crippen molar-refractivity contribution in [1.29, 1.82) is 0 Å². The Morgan fingerprint density at radius 1 is 1.17 bits per heavy atom. The minimum atomic E-state index is 0.128. The van der Waals surface area contributed by atoms with Crippen LogP contribution in [0.1, 0.15) is 63.6 Å². The van der Waals surface area contributed by atoms with Gasteiger partial charge in [0.2, 0.25) is 0 Å². The zero-order valence-corrected chi connectivity index (χ0v) is 12.4. The first-order chi connectivity index (χ1) is 8.54. The highest BCUT2D eigenvalue weighted by molar-refractivity contribution is 5.40. The average Bonchev–Trinajstić information content (AvgIpc) is 2.39. The highest BCUT2D eigenvalue weighted by Gasteiger charge is 2.18. The summed E-state index contributed by atoms with van der Waals surface area (Å²) in [4.78, 5) is 0. The smallest absolute Gasteiger partial charge is 0.122 e. The average molecular weight is 249 g/mol. The fourth-order valence-corrected chi connectivity index (χ4v) is 2.48. The lowest BCUT2D eigenvalue weighted by Crippen LogP contribution is -2.20. The van der Waals surface area contributed by atoms with Gasteiger partial charge in [-0.2, -0.15) is 0 Å². The lowest BCUT2D eigenvalue weighted by Gasteiger charge is -2.23. The van der Waals surface area contributed by atoms with Gasteiger partial charge < -0.3 is 10.5 Å². The normalized spacial score (nSPS) is 13.1. The summed E-state index contributed by atoms with van der Waals surface area (Å²) in [5.74, 6) is 1.97. The van der Waals surface area contributed by atoms with E-state index in [-0.39, 0.29) is 6.04 Å². The number of rotatable bonds is 6. The molecule has 0 saturated carbocycles. The second-order valence-corrected chi connectivity index (χ2v) is 5.26. The predicted molar refractivity (Wildman–Crippen MR) is 78.1 cm³/mol. The Morgan fingerprint density at radius 3 is 2.22 bits per heavy atom. The minimum absolute atomic E-state index is 0.128. The van der Waals surface area contributed by atoms with Crippen LogP contribution in [0.5, 0.6) is 5.75 Å². The molecule has 0 aliphatic carbocycles. The number of benzene rings is 1. The van der Waals surface area contributed by atoms with Gasteiger partial charge in [-0.15, -0.1) is 0 Å². The first kappa shape index (κ1) is 15.0. The van der Waals surface area contributed by atoms with Gasteiger partial charge >= 0.3 is 0 Å². The molecular formula is C16H27NO. The fourth-order valence-electron chi connectivity index (χ4n) is 2.48. The number of methoxy groups -OCH3 is 1. The van der Waals surface area contributed by atoms with Gasteiger partial charge in [-0.1, -0.05) is 52.7 Å². The first-order valence-electron chi connectivity index (χ1n) is 6.98. The van der Waals surface area contributed by atoms with E-state index in [9.17, 15) is 0 Å². The van der Waals surface area contributed by atoms with Gasteiger partial charge in [0.05, 0.1) is 7.11 Å². The van der Waals surface area contributed by atoms with Crippen molar-refractivity contribution in [3.05, 3.63) is 29.3 Å². The Morgan fingerprint density at radius 2 is 1.78 bits per heavy atom. The molecule has 0 bridgehead atoms. The summed E-state index contributed by atoms with van der Waals surface area (Å²) in [6.45, 7) is 8.79. The molecule has 0 fully saturated rings. The summed E-state index contributed by atoms with van der Waals surface area (Å²) in [5, 5.41) is 0. The molecule has 102 valence electrons. The minimum Gasteiger partial charge on any atom is -0.496 e. The molecule has 0 aromatic heterocycles. The van der Waals surface area contributed by atoms with Gasteiger partial charge in [-0.25, -0.2) is 0 Å².